The first kappa shape index (κ1) is 44.5. The molecular formula is C36H74NO7P. The van der Waals surface area contributed by atoms with Crippen LogP contribution in [-0.2, 0) is 9.36 Å². The van der Waals surface area contributed by atoms with Crippen LogP contribution in [0.3, 0.4) is 0 Å². The van der Waals surface area contributed by atoms with Crippen molar-refractivity contribution in [3.63, 3.8) is 0 Å². The third kappa shape index (κ3) is 29.4. The maximum atomic E-state index is 13.0. The number of amides is 1. The first-order valence-electron chi connectivity index (χ1n) is 19.0. The molecule has 0 bridgehead atoms. The third-order valence-corrected chi connectivity index (χ3v) is 9.83. The maximum absolute atomic E-state index is 13.0. The Morgan fingerprint density at radius 2 is 0.867 bits per heavy atom. The van der Waals surface area contributed by atoms with Gasteiger partial charge in [-0.3, -0.25) is 9.36 Å². The lowest BCUT2D eigenvalue weighted by Gasteiger charge is -2.29. The van der Waals surface area contributed by atoms with Crippen LogP contribution in [0, 0.1) is 0 Å². The van der Waals surface area contributed by atoms with Gasteiger partial charge in [0.1, 0.15) is 6.10 Å². The predicted octanol–water partition coefficient (Wildman–Crippen LogP) is 8.65. The van der Waals surface area contributed by atoms with Crippen molar-refractivity contribution in [1.29, 1.82) is 0 Å². The highest BCUT2D eigenvalue weighted by atomic mass is 31.2. The monoisotopic (exact) mass is 664 g/mol. The van der Waals surface area contributed by atoms with Gasteiger partial charge in [-0.15, -0.1) is 0 Å². The van der Waals surface area contributed by atoms with E-state index in [1.165, 1.54) is 116 Å². The van der Waals surface area contributed by atoms with Gasteiger partial charge in [0.2, 0.25) is 0 Å². The smallest absolute Gasteiger partial charge is 0.327 e. The summed E-state index contributed by atoms with van der Waals surface area (Å²) in [6.45, 7) is 3.94. The second-order valence-corrected chi connectivity index (χ2v) is 15.3. The number of rotatable bonds is 34. The molecule has 0 fully saturated rings. The number of unbranched alkanes of at least 4 members (excludes halogenated alkanes) is 23. The molecule has 1 amide bonds. The number of hydrogen-bond acceptors (Lipinski definition) is 5. The van der Waals surface area contributed by atoms with Crippen LogP contribution in [0.15, 0.2) is 0 Å². The molecule has 8 nitrogen and oxygen atoms in total. The van der Waals surface area contributed by atoms with E-state index in [-0.39, 0.29) is 19.5 Å². The van der Waals surface area contributed by atoms with E-state index in [9.17, 15) is 34.5 Å². The molecule has 0 aliphatic rings. The van der Waals surface area contributed by atoms with Crippen molar-refractivity contribution in [2.75, 3.05) is 19.3 Å². The van der Waals surface area contributed by atoms with E-state index in [1.54, 1.807) is 0 Å². The lowest BCUT2D eigenvalue weighted by molar-refractivity contribution is -0.142. The standard InChI is InChI=1S/C36H74NO7P/c1-3-5-7-9-11-13-15-17-19-20-22-24-26-28-33(38)35(40)32-37(30-31-45(42,43)44)36(41)34(39)29-27-25-23-21-18-16-14-12-10-8-6-4-2/h33-35,38-40H,3-32H2,1-2H3,(H2,42,43,44). The quantitative estimate of drug-likeness (QED) is 0.0343. The Kier molecular flexibility index (Phi) is 30.5. The Bertz CT molecular complexity index is 705. The van der Waals surface area contributed by atoms with Gasteiger partial charge in [-0.05, 0) is 12.8 Å². The maximum Gasteiger partial charge on any atom is 0.327 e. The van der Waals surface area contributed by atoms with Crippen molar-refractivity contribution in [3.05, 3.63) is 0 Å². The molecule has 0 aliphatic carbocycles. The molecule has 9 heteroatoms. The molecular weight excluding hydrogens is 589 g/mol. The van der Waals surface area contributed by atoms with E-state index in [1.807, 2.05) is 0 Å². The van der Waals surface area contributed by atoms with E-state index in [0.29, 0.717) is 12.8 Å². The summed E-state index contributed by atoms with van der Waals surface area (Å²) in [6, 6.07) is 0. The fourth-order valence-electron chi connectivity index (χ4n) is 5.97. The number of aliphatic hydroxyl groups excluding tert-OH is 3. The van der Waals surface area contributed by atoms with Crippen LogP contribution in [0.2, 0.25) is 0 Å². The first-order valence-corrected chi connectivity index (χ1v) is 20.8. The molecule has 3 atom stereocenters. The molecule has 0 aromatic carbocycles. The summed E-state index contributed by atoms with van der Waals surface area (Å²) >= 11 is 0. The zero-order chi connectivity index (χ0) is 33.6. The van der Waals surface area contributed by atoms with Crippen molar-refractivity contribution in [2.24, 2.45) is 0 Å². The molecule has 5 N–H and O–H groups in total. The van der Waals surface area contributed by atoms with Gasteiger partial charge >= 0.3 is 7.60 Å². The summed E-state index contributed by atoms with van der Waals surface area (Å²) < 4.78 is 11.5. The molecule has 0 aromatic rings. The number of aliphatic hydroxyl groups is 3. The van der Waals surface area contributed by atoms with Crippen molar-refractivity contribution in [1.82, 2.24) is 4.90 Å². The van der Waals surface area contributed by atoms with Gasteiger partial charge in [0.25, 0.3) is 5.91 Å². The second-order valence-electron chi connectivity index (χ2n) is 13.5. The Balaban J connectivity index is 4.25. The average molecular weight is 664 g/mol. The molecule has 0 saturated heterocycles. The van der Waals surface area contributed by atoms with Crippen molar-refractivity contribution >= 4 is 13.5 Å². The van der Waals surface area contributed by atoms with Crippen molar-refractivity contribution in [2.45, 2.75) is 206 Å². The summed E-state index contributed by atoms with van der Waals surface area (Å²) in [5.74, 6) is -0.640. The lowest BCUT2D eigenvalue weighted by atomic mass is 10.0. The highest BCUT2D eigenvalue weighted by Crippen LogP contribution is 2.33. The van der Waals surface area contributed by atoms with Gasteiger partial charge in [0.15, 0.2) is 0 Å². The Morgan fingerprint density at radius 1 is 0.533 bits per heavy atom. The first-order chi connectivity index (χ1) is 21.6. The molecule has 3 unspecified atom stereocenters. The summed E-state index contributed by atoms with van der Waals surface area (Å²) in [6.07, 6.45) is 26.6. The van der Waals surface area contributed by atoms with Gasteiger partial charge in [0, 0.05) is 13.1 Å². The normalized spacial score (nSPS) is 14.0. The fourth-order valence-corrected chi connectivity index (χ4v) is 6.47. The van der Waals surface area contributed by atoms with Crippen LogP contribution < -0.4 is 0 Å². The summed E-state index contributed by atoms with van der Waals surface area (Å²) in [5.41, 5.74) is 0. The van der Waals surface area contributed by atoms with Crippen LogP contribution in [0.5, 0.6) is 0 Å². The van der Waals surface area contributed by atoms with Crippen molar-refractivity contribution < 1.29 is 34.5 Å². The minimum atomic E-state index is -4.37. The third-order valence-electron chi connectivity index (χ3n) is 9.04. The number of nitrogens with zero attached hydrogens (tertiary/aromatic N) is 1. The van der Waals surface area contributed by atoms with Crippen molar-refractivity contribution in [3.8, 4) is 0 Å². The molecule has 0 radical (unpaired) electrons. The van der Waals surface area contributed by atoms with Gasteiger partial charge in [-0.1, -0.05) is 174 Å². The number of carbonyl (C=O) groups excluding carboxylic acids is 1. The van der Waals surface area contributed by atoms with Crippen LogP contribution in [0.25, 0.3) is 0 Å². The van der Waals surface area contributed by atoms with E-state index in [2.05, 4.69) is 13.8 Å². The predicted molar refractivity (Wildman–Crippen MR) is 188 cm³/mol. The molecule has 0 aromatic heterocycles. The molecule has 0 rings (SSSR count). The molecule has 0 heterocycles. The van der Waals surface area contributed by atoms with Crippen LogP contribution in [-0.4, -0.2) is 73.5 Å². The Morgan fingerprint density at radius 3 is 1.22 bits per heavy atom. The lowest BCUT2D eigenvalue weighted by Crippen LogP contribution is -2.47. The second kappa shape index (κ2) is 30.8. The molecule has 270 valence electrons. The largest absolute Gasteiger partial charge is 0.390 e. The SMILES string of the molecule is CCCCCCCCCCCCCCCC(O)C(O)CN(CCP(=O)(O)O)C(=O)C(O)CCCCCCCCCCCCCC. The van der Waals surface area contributed by atoms with Crippen LogP contribution in [0.4, 0.5) is 0 Å². The van der Waals surface area contributed by atoms with E-state index >= 15 is 0 Å². The molecule has 0 spiro atoms. The molecule has 0 saturated carbocycles. The highest BCUT2D eigenvalue weighted by Gasteiger charge is 2.28. The highest BCUT2D eigenvalue weighted by molar-refractivity contribution is 7.51. The number of carbonyl (C=O) groups is 1. The Hall–Kier alpha value is -0.500. The van der Waals surface area contributed by atoms with Gasteiger partial charge in [-0.2, -0.15) is 0 Å². The molecule has 0 aliphatic heterocycles. The molecule has 45 heavy (non-hydrogen) atoms. The minimum Gasteiger partial charge on any atom is -0.390 e. The summed E-state index contributed by atoms with van der Waals surface area (Å²) in [4.78, 5) is 32.8. The van der Waals surface area contributed by atoms with Crippen LogP contribution in [0.1, 0.15) is 187 Å². The van der Waals surface area contributed by atoms with Crippen LogP contribution >= 0.6 is 7.60 Å². The summed E-state index contributed by atoms with van der Waals surface area (Å²) in [7, 11) is -4.37. The average Bonchev–Trinajstić information content (AvgIpc) is 3.00. The van der Waals surface area contributed by atoms with E-state index in [4.69, 9.17) is 0 Å². The van der Waals surface area contributed by atoms with E-state index < -0.39 is 38.0 Å². The topological polar surface area (TPSA) is 139 Å². The zero-order valence-electron chi connectivity index (χ0n) is 29.4. The number of hydrogen-bond donors (Lipinski definition) is 5. The van der Waals surface area contributed by atoms with Gasteiger partial charge in [0.05, 0.1) is 18.4 Å². The minimum absolute atomic E-state index is 0.256. The summed E-state index contributed by atoms with van der Waals surface area (Å²) in [5, 5.41) is 31.7. The van der Waals surface area contributed by atoms with Gasteiger partial charge in [-0.25, -0.2) is 0 Å². The zero-order valence-corrected chi connectivity index (χ0v) is 30.3. The Labute approximate surface area is 277 Å². The van der Waals surface area contributed by atoms with E-state index in [0.717, 1.165) is 43.4 Å². The van der Waals surface area contributed by atoms with Gasteiger partial charge < -0.3 is 30.0 Å². The fraction of sp³-hybridized carbons (Fsp3) is 0.972.